The van der Waals surface area contributed by atoms with Gasteiger partial charge < -0.3 is 4.57 Å². The van der Waals surface area contributed by atoms with Crippen molar-refractivity contribution in [1.29, 1.82) is 0 Å². The van der Waals surface area contributed by atoms with Crippen LogP contribution in [-0.4, -0.2) is 28.2 Å². The van der Waals surface area contributed by atoms with Crippen molar-refractivity contribution in [2.24, 2.45) is 5.10 Å². The summed E-state index contributed by atoms with van der Waals surface area (Å²) in [5.41, 5.74) is 4.94. The lowest BCUT2D eigenvalue weighted by Crippen LogP contribution is -2.16. The summed E-state index contributed by atoms with van der Waals surface area (Å²) in [4.78, 5) is 12.2. The van der Waals surface area contributed by atoms with Crippen molar-refractivity contribution in [2.75, 3.05) is 7.05 Å². The molecule has 0 spiro atoms. The van der Waals surface area contributed by atoms with E-state index in [9.17, 15) is 4.79 Å². The third kappa shape index (κ3) is 2.06. The lowest BCUT2D eigenvalue weighted by molar-refractivity contribution is -0.124. The third-order valence-corrected chi connectivity index (χ3v) is 4.22. The van der Waals surface area contributed by atoms with Gasteiger partial charge in [-0.1, -0.05) is 18.2 Å². The zero-order valence-corrected chi connectivity index (χ0v) is 13.7. The molecule has 2 aromatic rings. The number of fused-ring (bicyclic) bond motifs is 1. The quantitative estimate of drug-likeness (QED) is 0.777. The number of hydrogen-bond donors (Lipinski definition) is 0. The van der Waals surface area contributed by atoms with Crippen LogP contribution in [0.5, 0.6) is 0 Å². The predicted molar refractivity (Wildman–Crippen MR) is 90.9 cm³/mol. The zero-order valence-electron chi connectivity index (χ0n) is 13.7. The first-order valence-electron chi connectivity index (χ1n) is 7.56. The van der Waals surface area contributed by atoms with Crippen LogP contribution in [0, 0.1) is 6.92 Å². The molecular formula is C18H21N3O. The molecule has 0 N–H and O–H groups in total. The van der Waals surface area contributed by atoms with Crippen LogP contribution in [0.4, 0.5) is 0 Å². The largest absolute Gasteiger partial charge is 0.342 e. The molecule has 0 radical (unpaired) electrons. The molecule has 22 heavy (non-hydrogen) atoms. The fourth-order valence-electron chi connectivity index (χ4n) is 3.23. The molecule has 1 aliphatic heterocycles. The lowest BCUT2D eigenvalue weighted by atomic mass is 10.0. The van der Waals surface area contributed by atoms with Gasteiger partial charge in [0.15, 0.2) is 0 Å². The van der Waals surface area contributed by atoms with Gasteiger partial charge in [-0.3, -0.25) is 4.79 Å². The van der Waals surface area contributed by atoms with E-state index in [2.05, 4.69) is 48.6 Å². The van der Waals surface area contributed by atoms with Gasteiger partial charge in [-0.15, -0.1) is 0 Å². The second kappa shape index (κ2) is 5.13. The first-order valence-corrected chi connectivity index (χ1v) is 7.56. The maximum atomic E-state index is 12.2. The maximum Gasteiger partial charge on any atom is 0.275 e. The van der Waals surface area contributed by atoms with Crippen molar-refractivity contribution in [2.45, 2.75) is 33.7 Å². The fourth-order valence-corrected chi connectivity index (χ4v) is 3.23. The van der Waals surface area contributed by atoms with Crippen LogP contribution in [-0.2, 0) is 4.79 Å². The van der Waals surface area contributed by atoms with E-state index in [0.29, 0.717) is 11.6 Å². The van der Waals surface area contributed by atoms with Gasteiger partial charge in [0.1, 0.15) is 0 Å². The van der Waals surface area contributed by atoms with Crippen molar-refractivity contribution in [3.8, 4) is 0 Å². The molecule has 0 bridgehead atoms. The van der Waals surface area contributed by atoms with Gasteiger partial charge in [-0.25, -0.2) is 5.01 Å². The molecule has 1 aromatic heterocycles. The molecule has 0 saturated carbocycles. The van der Waals surface area contributed by atoms with Gasteiger partial charge in [-0.2, -0.15) is 5.10 Å². The molecule has 1 aromatic carbocycles. The number of rotatable bonds is 2. The summed E-state index contributed by atoms with van der Waals surface area (Å²) in [5, 5.41) is 6.80. The highest BCUT2D eigenvalue weighted by Crippen LogP contribution is 2.31. The van der Waals surface area contributed by atoms with E-state index in [1.165, 1.54) is 21.6 Å². The van der Waals surface area contributed by atoms with E-state index >= 15 is 0 Å². The monoisotopic (exact) mass is 295 g/mol. The minimum Gasteiger partial charge on any atom is -0.342 e. The van der Waals surface area contributed by atoms with Crippen LogP contribution in [0.25, 0.3) is 17.0 Å². The second-order valence-electron chi connectivity index (χ2n) is 6.05. The molecule has 1 aliphatic rings. The molecular weight excluding hydrogens is 274 g/mol. The molecule has 4 nitrogen and oxygen atoms in total. The number of hydrazone groups is 1. The normalized spacial score (nSPS) is 17.2. The Balaban J connectivity index is 2.27. The molecule has 0 unspecified atom stereocenters. The Morgan fingerprint density at radius 1 is 1.18 bits per heavy atom. The van der Waals surface area contributed by atoms with E-state index in [-0.39, 0.29) is 5.91 Å². The first kappa shape index (κ1) is 14.6. The third-order valence-electron chi connectivity index (χ3n) is 4.22. The summed E-state index contributed by atoms with van der Waals surface area (Å²) < 4.78 is 2.32. The first-order chi connectivity index (χ1) is 10.4. The van der Waals surface area contributed by atoms with Gasteiger partial charge in [0.05, 0.1) is 11.3 Å². The van der Waals surface area contributed by atoms with Gasteiger partial charge in [0.2, 0.25) is 0 Å². The van der Waals surface area contributed by atoms with Crippen molar-refractivity contribution in [1.82, 2.24) is 9.58 Å². The number of benzene rings is 1. The molecule has 2 heterocycles. The molecule has 3 rings (SSSR count). The van der Waals surface area contributed by atoms with Gasteiger partial charge in [-0.05, 0) is 39.8 Å². The summed E-state index contributed by atoms with van der Waals surface area (Å²) in [6.07, 6.45) is 1.99. The molecule has 1 amide bonds. The molecule has 4 heteroatoms. The Morgan fingerprint density at radius 3 is 2.45 bits per heavy atom. The van der Waals surface area contributed by atoms with E-state index in [4.69, 9.17) is 0 Å². The predicted octanol–water partition coefficient (Wildman–Crippen LogP) is 3.76. The molecule has 114 valence electrons. The average Bonchev–Trinajstić information content (AvgIpc) is 2.88. The summed E-state index contributed by atoms with van der Waals surface area (Å²) >= 11 is 0. The van der Waals surface area contributed by atoms with Crippen molar-refractivity contribution < 1.29 is 4.79 Å². The van der Waals surface area contributed by atoms with E-state index in [0.717, 1.165) is 11.3 Å². The van der Waals surface area contributed by atoms with E-state index in [1.54, 1.807) is 7.05 Å². The number of hydrogen-bond acceptors (Lipinski definition) is 2. The van der Waals surface area contributed by atoms with Crippen LogP contribution < -0.4 is 0 Å². The van der Waals surface area contributed by atoms with Gasteiger partial charge in [0.25, 0.3) is 5.91 Å². The second-order valence-corrected chi connectivity index (χ2v) is 6.05. The summed E-state index contributed by atoms with van der Waals surface area (Å²) in [6.45, 7) is 8.35. The Morgan fingerprint density at radius 2 is 1.86 bits per heavy atom. The van der Waals surface area contributed by atoms with Gasteiger partial charge in [0, 0.05) is 35.2 Å². The lowest BCUT2D eigenvalue weighted by Gasteiger charge is -2.12. The van der Waals surface area contributed by atoms with Crippen molar-refractivity contribution >= 4 is 28.6 Å². The topological polar surface area (TPSA) is 37.6 Å². The van der Waals surface area contributed by atoms with Crippen molar-refractivity contribution in [3.63, 3.8) is 0 Å². The summed E-state index contributed by atoms with van der Waals surface area (Å²) in [5.74, 6) is -0.0433. The zero-order chi connectivity index (χ0) is 16.0. The van der Waals surface area contributed by atoms with Crippen LogP contribution in [0.3, 0.4) is 0 Å². The van der Waals surface area contributed by atoms with E-state index < -0.39 is 0 Å². The van der Waals surface area contributed by atoms with Crippen LogP contribution in [0.1, 0.15) is 38.1 Å². The van der Waals surface area contributed by atoms with Crippen molar-refractivity contribution in [3.05, 3.63) is 41.1 Å². The number of aromatic nitrogens is 1. The fraction of sp³-hybridized carbons (Fsp3) is 0.333. The summed E-state index contributed by atoms with van der Waals surface area (Å²) in [7, 11) is 1.69. The van der Waals surface area contributed by atoms with Crippen LogP contribution >= 0.6 is 0 Å². The molecule has 0 saturated heterocycles. The van der Waals surface area contributed by atoms with Crippen LogP contribution in [0.2, 0.25) is 0 Å². The summed E-state index contributed by atoms with van der Waals surface area (Å²) in [6, 6.07) is 8.71. The molecule has 0 atom stereocenters. The van der Waals surface area contributed by atoms with E-state index in [1.807, 2.05) is 19.1 Å². The Labute approximate surface area is 130 Å². The molecule has 0 aliphatic carbocycles. The minimum atomic E-state index is -0.0433. The SMILES string of the molecule is CC1=NN(C)C(=O)/C1=C\c1c(C)n(C(C)C)c2ccccc12. The number of nitrogens with zero attached hydrogens (tertiary/aromatic N) is 3. The number of carbonyl (C=O) groups is 1. The average molecular weight is 295 g/mol. The highest BCUT2D eigenvalue weighted by molar-refractivity contribution is 6.27. The van der Waals surface area contributed by atoms with Crippen LogP contribution in [0.15, 0.2) is 34.9 Å². The van der Waals surface area contributed by atoms with Gasteiger partial charge >= 0.3 is 0 Å². The Bertz CT molecular complexity index is 824. The standard InChI is InChI=1S/C18H21N3O/c1-11(2)21-13(4)16(14-8-6-7-9-17(14)21)10-15-12(3)19-20(5)18(15)22/h6-11H,1-5H3/b15-10-. The number of para-hydroxylation sites is 1. The minimum absolute atomic E-state index is 0.0433. The Hall–Kier alpha value is -2.36. The smallest absolute Gasteiger partial charge is 0.275 e. The number of carbonyl (C=O) groups excluding carboxylic acids is 1. The number of amides is 1. The highest BCUT2D eigenvalue weighted by Gasteiger charge is 2.25. The number of likely N-dealkylation sites (N-methyl/N-ethyl adjacent to an activating group) is 1. The Kier molecular flexibility index (Phi) is 3.39. The highest BCUT2D eigenvalue weighted by atomic mass is 16.2. The molecule has 0 fully saturated rings. The maximum absolute atomic E-state index is 12.2.